The summed E-state index contributed by atoms with van der Waals surface area (Å²) in [6.07, 6.45) is 3.36. The van der Waals surface area contributed by atoms with E-state index in [1.165, 1.54) is 0 Å². The summed E-state index contributed by atoms with van der Waals surface area (Å²) in [5.74, 6) is 1.03. The minimum atomic E-state index is -0.0406. The second-order valence-corrected chi connectivity index (χ2v) is 5.24. The zero-order chi connectivity index (χ0) is 11.8. The summed E-state index contributed by atoms with van der Waals surface area (Å²) in [6, 6.07) is 11.8. The number of Topliss-reactive ketones (excluding diaryl/α,β-unsaturated/α-hetero) is 1. The molecule has 0 aromatic heterocycles. The molecule has 1 aromatic carbocycles. The number of benzene rings is 1. The number of hydrogen-bond acceptors (Lipinski definition) is 2. The summed E-state index contributed by atoms with van der Waals surface area (Å²) in [6.45, 7) is 0. The molecule has 0 unspecified atom stereocenters. The van der Waals surface area contributed by atoms with Gasteiger partial charge in [0.05, 0.1) is 12.0 Å². The minimum Gasteiger partial charge on any atom is -0.294 e. The molecule has 2 aliphatic rings. The molecule has 0 spiro atoms. The summed E-state index contributed by atoms with van der Waals surface area (Å²) < 4.78 is 0. The Hall–Kier alpha value is -1.62. The van der Waals surface area contributed by atoms with E-state index in [0.717, 1.165) is 24.8 Å². The minimum absolute atomic E-state index is 0.0403. The molecule has 0 radical (unpaired) electrons. The molecule has 17 heavy (non-hydrogen) atoms. The first-order chi connectivity index (χ1) is 8.31. The number of carbonyl (C=O) groups is 1. The second-order valence-electron chi connectivity index (χ2n) is 5.24. The van der Waals surface area contributed by atoms with Crippen molar-refractivity contribution < 1.29 is 4.79 Å². The third kappa shape index (κ3) is 1.58. The first-order valence-corrected chi connectivity index (χ1v) is 6.30. The summed E-state index contributed by atoms with van der Waals surface area (Å²) >= 11 is 0. The van der Waals surface area contributed by atoms with Gasteiger partial charge in [0.25, 0.3) is 0 Å². The fourth-order valence-electron chi connectivity index (χ4n) is 3.65. The zero-order valence-electron chi connectivity index (χ0n) is 9.67. The third-order valence-corrected chi connectivity index (χ3v) is 4.43. The van der Waals surface area contributed by atoms with Gasteiger partial charge in [-0.25, -0.2) is 0 Å². The molecule has 1 aromatic rings. The van der Waals surface area contributed by atoms with Crippen LogP contribution in [0.5, 0.6) is 0 Å². The Morgan fingerprint density at radius 3 is 2.59 bits per heavy atom. The van der Waals surface area contributed by atoms with Crippen LogP contribution in [0, 0.1) is 35.0 Å². The van der Waals surface area contributed by atoms with Crippen LogP contribution in [0.25, 0.3) is 0 Å². The molecule has 3 rings (SSSR count). The number of fused-ring (bicyclic) bond motifs is 2. The van der Waals surface area contributed by atoms with Crippen LogP contribution in [0.3, 0.4) is 0 Å². The van der Waals surface area contributed by atoms with E-state index in [9.17, 15) is 10.1 Å². The number of ketones is 1. The summed E-state index contributed by atoms with van der Waals surface area (Å²) in [7, 11) is 0. The van der Waals surface area contributed by atoms with Gasteiger partial charge in [0.15, 0.2) is 5.78 Å². The lowest BCUT2D eigenvalue weighted by molar-refractivity contribution is 0.0842. The first kappa shape index (κ1) is 10.5. The SMILES string of the molecule is N#C[C@H]1[C@H]2CC[C@@H](C2)[C@@H]1C(=O)c1ccccc1. The van der Waals surface area contributed by atoms with Gasteiger partial charge in [-0.15, -0.1) is 0 Å². The van der Waals surface area contributed by atoms with E-state index >= 15 is 0 Å². The van der Waals surface area contributed by atoms with Gasteiger partial charge in [0.2, 0.25) is 0 Å². The van der Waals surface area contributed by atoms with Crippen molar-refractivity contribution in [3.63, 3.8) is 0 Å². The molecule has 2 bridgehead atoms. The number of hydrogen-bond donors (Lipinski definition) is 0. The van der Waals surface area contributed by atoms with Crippen LogP contribution in [0.4, 0.5) is 0 Å². The van der Waals surface area contributed by atoms with Crippen LogP contribution >= 0.6 is 0 Å². The Balaban J connectivity index is 1.90. The molecular formula is C15H15NO. The normalized spacial score (nSPS) is 34.5. The van der Waals surface area contributed by atoms with Crippen molar-refractivity contribution in [3.8, 4) is 6.07 Å². The quantitative estimate of drug-likeness (QED) is 0.726. The third-order valence-electron chi connectivity index (χ3n) is 4.43. The molecule has 2 fully saturated rings. The van der Waals surface area contributed by atoms with Crippen LogP contribution in [0.15, 0.2) is 30.3 Å². The average molecular weight is 225 g/mol. The molecule has 2 nitrogen and oxygen atoms in total. The lowest BCUT2D eigenvalue weighted by Gasteiger charge is -2.25. The maximum Gasteiger partial charge on any atom is 0.167 e. The highest BCUT2D eigenvalue weighted by molar-refractivity contribution is 5.98. The van der Waals surface area contributed by atoms with Crippen LogP contribution < -0.4 is 0 Å². The van der Waals surface area contributed by atoms with E-state index in [0.29, 0.717) is 11.8 Å². The molecule has 2 heteroatoms. The van der Waals surface area contributed by atoms with Crippen LogP contribution in [0.2, 0.25) is 0 Å². The Labute approximate surface area is 101 Å². The molecule has 4 atom stereocenters. The number of carbonyl (C=O) groups excluding carboxylic acids is 1. The largest absolute Gasteiger partial charge is 0.294 e. The van der Waals surface area contributed by atoms with Crippen molar-refractivity contribution >= 4 is 5.78 Å². The zero-order valence-corrected chi connectivity index (χ0v) is 9.67. The molecule has 0 saturated heterocycles. The smallest absolute Gasteiger partial charge is 0.167 e. The van der Waals surface area contributed by atoms with E-state index in [1.807, 2.05) is 30.3 Å². The van der Waals surface area contributed by atoms with Crippen molar-refractivity contribution in [2.45, 2.75) is 19.3 Å². The highest BCUT2D eigenvalue weighted by Gasteiger charge is 2.50. The van der Waals surface area contributed by atoms with E-state index < -0.39 is 0 Å². The number of rotatable bonds is 2. The molecule has 86 valence electrons. The molecule has 2 aliphatic carbocycles. The van der Waals surface area contributed by atoms with Crippen molar-refractivity contribution in [1.29, 1.82) is 5.26 Å². The summed E-state index contributed by atoms with van der Waals surface area (Å²) in [5.41, 5.74) is 0.769. The van der Waals surface area contributed by atoms with Crippen LogP contribution in [0.1, 0.15) is 29.6 Å². The molecule has 0 N–H and O–H groups in total. The number of nitriles is 1. The van der Waals surface area contributed by atoms with Gasteiger partial charge < -0.3 is 0 Å². The molecular weight excluding hydrogens is 210 g/mol. The number of nitrogens with zero attached hydrogens (tertiary/aromatic N) is 1. The Morgan fingerprint density at radius 2 is 1.88 bits per heavy atom. The topological polar surface area (TPSA) is 40.9 Å². The second kappa shape index (κ2) is 4.00. The standard InChI is InChI=1S/C15H15NO/c16-9-13-11-6-7-12(8-11)14(13)15(17)10-4-2-1-3-5-10/h1-5,11-14H,6-8H2/t11-,12-,13-,14-/m0/s1. The monoisotopic (exact) mass is 225 g/mol. The fraction of sp³-hybridized carbons (Fsp3) is 0.467. The first-order valence-electron chi connectivity index (χ1n) is 6.30. The predicted molar refractivity (Wildman–Crippen MR) is 64.2 cm³/mol. The Morgan fingerprint density at radius 1 is 1.18 bits per heavy atom. The van der Waals surface area contributed by atoms with E-state index in [4.69, 9.17) is 0 Å². The van der Waals surface area contributed by atoms with Crippen LogP contribution in [-0.4, -0.2) is 5.78 Å². The van der Waals surface area contributed by atoms with Crippen molar-refractivity contribution in [2.24, 2.45) is 23.7 Å². The van der Waals surface area contributed by atoms with Crippen molar-refractivity contribution in [1.82, 2.24) is 0 Å². The molecule has 0 heterocycles. The van der Waals surface area contributed by atoms with Gasteiger partial charge in [0.1, 0.15) is 0 Å². The average Bonchev–Trinajstić information content (AvgIpc) is 2.98. The summed E-state index contributed by atoms with van der Waals surface area (Å²) in [4.78, 5) is 12.5. The van der Waals surface area contributed by atoms with Gasteiger partial charge >= 0.3 is 0 Å². The lowest BCUT2D eigenvalue weighted by atomic mass is 9.76. The predicted octanol–water partition coefficient (Wildman–Crippen LogP) is 3.06. The van der Waals surface area contributed by atoms with Crippen molar-refractivity contribution in [3.05, 3.63) is 35.9 Å². The van der Waals surface area contributed by atoms with E-state index in [2.05, 4.69) is 6.07 Å². The maximum absolute atomic E-state index is 12.5. The summed E-state index contributed by atoms with van der Waals surface area (Å²) in [5, 5.41) is 9.25. The van der Waals surface area contributed by atoms with E-state index in [-0.39, 0.29) is 17.6 Å². The van der Waals surface area contributed by atoms with Gasteiger partial charge in [-0.3, -0.25) is 4.79 Å². The molecule has 2 saturated carbocycles. The van der Waals surface area contributed by atoms with Gasteiger partial charge in [0, 0.05) is 11.5 Å². The van der Waals surface area contributed by atoms with Crippen molar-refractivity contribution in [2.75, 3.05) is 0 Å². The highest BCUT2D eigenvalue weighted by Crippen LogP contribution is 2.52. The molecule has 0 amide bonds. The Bertz CT molecular complexity index is 473. The lowest BCUT2D eigenvalue weighted by Crippen LogP contribution is -2.28. The van der Waals surface area contributed by atoms with Gasteiger partial charge in [-0.1, -0.05) is 30.3 Å². The molecule has 0 aliphatic heterocycles. The van der Waals surface area contributed by atoms with Gasteiger partial charge in [-0.2, -0.15) is 5.26 Å². The van der Waals surface area contributed by atoms with Crippen LogP contribution in [-0.2, 0) is 0 Å². The maximum atomic E-state index is 12.5. The van der Waals surface area contributed by atoms with Gasteiger partial charge in [-0.05, 0) is 31.1 Å². The van der Waals surface area contributed by atoms with E-state index in [1.54, 1.807) is 0 Å². The fourth-order valence-corrected chi connectivity index (χ4v) is 3.65. The highest BCUT2D eigenvalue weighted by atomic mass is 16.1. The Kier molecular flexibility index (Phi) is 2.48.